The highest BCUT2D eigenvalue weighted by Crippen LogP contribution is 2.19. The van der Waals surface area contributed by atoms with Gasteiger partial charge < -0.3 is 20.7 Å². The van der Waals surface area contributed by atoms with E-state index in [0.29, 0.717) is 19.0 Å². The van der Waals surface area contributed by atoms with Crippen molar-refractivity contribution in [2.24, 2.45) is 10.7 Å². The fraction of sp³-hybridized carbons (Fsp3) is 0.750. The highest BCUT2D eigenvalue weighted by molar-refractivity contribution is 5.78. The number of carbonyl (C=O) groups excluding carboxylic acids is 1. The molecule has 22 heavy (non-hydrogen) atoms. The highest BCUT2D eigenvalue weighted by atomic mass is 16.6. The number of likely N-dealkylation sites (tertiary alicyclic amines) is 1. The molecule has 0 bridgehead atoms. The zero-order valence-electron chi connectivity index (χ0n) is 14.3. The van der Waals surface area contributed by atoms with Crippen molar-refractivity contribution in [1.82, 2.24) is 10.2 Å². The average Bonchev–Trinajstić information content (AvgIpc) is 2.41. The Morgan fingerprint density at radius 2 is 2.14 bits per heavy atom. The Balaban J connectivity index is 2.56. The molecule has 1 atom stereocenters. The molecule has 0 saturated carbocycles. The van der Waals surface area contributed by atoms with Gasteiger partial charge in [0.2, 0.25) is 0 Å². The minimum absolute atomic E-state index is 0.0854. The van der Waals surface area contributed by atoms with Crippen LogP contribution in [0.2, 0.25) is 0 Å². The highest BCUT2D eigenvalue weighted by Gasteiger charge is 2.30. The lowest BCUT2D eigenvalue weighted by Crippen LogP contribution is -2.51. The number of amides is 1. The number of nitrogens with zero attached hydrogens (tertiary/aromatic N) is 2. The number of ether oxygens (including phenoxy) is 1. The third-order valence-electron chi connectivity index (χ3n) is 3.29. The summed E-state index contributed by atoms with van der Waals surface area (Å²) in [6.07, 6.45) is 2.81. The number of nitrogens with one attached hydrogen (secondary N) is 1. The average molecular weight is 310 g/mol. The largest absolute Gasteiger partial charge is 0.444 e. The van der Waals surface area contributed by atoms with Crippen molar-refractivity contribution in [2.75, 3.05) is 19.6 Å². The molecule has 0 aromatic carbocycles. The predicted octanol–water partition coefficient (Wildman–Crippen LogP) is 2.26. The van der Waals surface area contributed by atoms with Crippen LogP contribution in [-0.4, -0.2) is 48.2 Å². The standard InChI is InChI=1S/C16H30N4O2/c1-12(2)10-18-14(17)19-11-13-8-6-7-9-20(13)15(21)22-16(3,4)5/h13H,1,6-11H2,2-5H3,(H3,17,18,19). The molecule has 0 aromatic heterocycles. The molecule has 126 valence electrons. The molecule has 3 N–H and O–H groups in total. The van der Waals surface area contributed by atoms with Gasteiger partial charge in [-0.15, -0.1) is 0 Å². The van der Waals surface area contributed by atoms with Gasteiger partial charge in [0.05, 0.1) is 12.6 Å². The molecule has 1 saturated heterocycles. The van der Waals surface area contributed by atoms with E-state index < -0.39 is 5.60 Å². The van der Waals surface area contributed by atoms with Crippen molar-refractivity contribution >= 4 is 12.1 Å². The zero-order chi connectivity index (χ0) is 16.8. The maximum Gasteiger partial charge on any atom is 0.410 e. The van der Waals surface area contributed by atoms with Gasteiger partial charge in [-0.25, -0.2) is 9.79 Å². The van der Waals surface area contributed by atoms with E-state index in [4.69, 9.17) is 10.5 Å². The number of hydrogen-bond donors (Lipinski definition) is 2. The summed E-state index contributed by atoms with van der Waals surface area (Å²) in [5.74, 6) is 0.387. The number of aliphatic imine (C=N–C) groups is 1. The molecule has 1 heterocycles. The van der Waals surface area contributed by atoms with Crippen LogP contribution >= 0.6 is 0 Å². The maximum absolute atomic E-state index is 12.3. The summed E-state index contributed by atoms with van der Waals surface area (Å²) in [6, 6.07) is 0.0854. The van der Waals surface area contributed by atoms with Crippen LogP contribution in [0.1, 0.15) is 47.0 Å². The van der Waals surface area contributed by atoms with Crippen LogP contribution in [0.3, 0.4) is 0 Å². The van der Waals surface area contributed by atoms with E-state index in [1.807, 2.05) is 27.7 Å². The summed E-state index contributed by atoms with van der Waals surface area (Å²) >= 11 is 0. The van der Waals surface area contributed by atoms with Gasteiger partial charge in [0.1, 0.15) is 5.60 Å². The quantitative estimate of drug-likeness (QED) is 0.474. The number of rotatable bonds is 4. The van der Waals surface area contributed by atoms with Gasteiger partial charge in [0.15, 0.2) is 5.96 Å². The van der Waals surface area contributed by atoms with Crippen molar-refractivity contribution in [3.63, 3.8) is 0 Å². The van der Waals surface area contributed by atoms with E-state index in [1.54, 1.807) is 4.90 Å². The SMILES string of the molecule is C=C(C)CN=C(N)NCC1CCCCN1C(=O)OC(C)(C)C. The molecule has 0 spiro atoms. The van der Waals surface area contributed by atoms with Crippen LogP contribution in [0, 0.1) is 0 Å². The number of carbonyl (C=O) groups is 1. The molecular weight excluding hydrogens is 280 g/mol. The maximum atomic E-state index is 12.3. The first-order valence-electron chi connectivity index (χ1n) is 7.87. The van der Waals surface area contributed by atoms with Crippen LogP contribution < -0.4 is 11.1 Å². The molecule has 1 fully saturated rings. The second-order valence-electron chi connectivity index (χ2n) is 6.86. The molecule has 1 unspecified atom stereocenters. The Morgan fingerprint density at radius 1 is 1.45 bits per heavy atom. The van der Waals surface area contributed by atoms with Crippen LogP contribution in [0.25, 0.3) is 0 Å². The number of guanidine groups is 1. The van der Waals surface area contributed by atoms with Crippen molar-refractivity contribution in [2.45, 2.75) is 58.6 Å². The van der Waals surface area contributed by atoms with Gasteiger partial charge in [-0.1, -0.05) is 12.2 Å². The number of nitrogens with two attached hydrogens (primary N) is 1. The van der Waals surface area contributed by atoms with Crippen LogP contribution in [0.4, 0.5) is 4.79 Å². The normalized spacial score (nSPS) is 19.7. The second-order valence-corrected chi connectivity index (χ2v) is 6.86. The minimum Gasteiger partial charge on any atom is -0.444 e. The lowest BCUT2D eigenvalue weighted by atomic mass is 10.0. The summed E-state index contributed by atoms with van der Waals surface area (Å²) in [4.78, 5) is 18.3. The Labute approximate surface area is 133 Å². The molecule has 1 rings (SSSR count). The van der Waals surface area contributed by atoms with Crippen LogP contribution in [0.5, 0.6) is 0 Å². The van der Waals surface area contributed by atoms with Crippen molar-refractivity contribution < 1.29 is 9.53 Å². The van der Waals surface area contributed by atoms with Gasteiger partial charge in [0.25, 0.3) is 0 Å². The molecule has 1 aliphatic heterocycles. The fourth-order valence-electron chi connectivity index (χ4n) is 2.27. The Kier molecular flexibility index (Phi) is 6.71. The van der Waals surface area contributed by atoms with Gasteiger partial charge in [-0.2, -0.15) is 0 Å². The Morgan fingerprint density at radius 3 is 2.73 bits per heavy atom. The lowest BCUT2D eigenvalue weighted by Gasteiger charge is -2.36. The summed E-state index contributed by atoms with van der Waals surface area (Å²) in [5, 5.41) is 3.09. The predicted molar refractivity (Wildman–Crippen MR) is 89.9 cm³/mol. The first kappa shape index (κ1) is 18.3. The zero-order valence-corrected chi connectivity index (χ0v) is 14.3. The van der Waals surface area contributed by atoms with E-state index in [2.05, 4.69) is 16.9 Å². The summed E-state index contributed by atoms with van der Waals surface area (Å²) < 4.78 is 5.48. The third-order valence-corrected chi connectivity index (χ3v) is 3.29. The van der Waals surface area contributed by atoms with Gasteiger partial charge >= 0.3 is 6.09 Å². The topological polar surface area (TPSA) is 80.0 Å². The van der Waals surface area contributed by atoms with E-state index >= 15 is 0 Å². The van der Waals surface area contributed by atoms with Crippen molar-refractivity contribution in [1.29, 1.82) is 0 Å². The van der Waals surface area contributed by atoms with E-state index in [0.717, 1.165) is 31.4 Å². The van der Waals surface area contributed by atoms with Gasteiger partial charge in [-0.3, -0.25) is 0 Å². The number of piperidine rings is 1. The summed E-state index contributed by atoms with van der Waals surface area (Å²) in [6.45, 7) is 13.2. The van der Waals surface area contributed by atoms with E-state index in [1.165, 1.54) is 0 Å². The van der Waals surface area contributed by atoms with Crippen LogP contribution in [0.15, 0.2) is 17.1 Å². The molecule has 6 nitrogen and oxygen atoms in total. The molecule has 1 aliphatic rings. The Bertz CT molecular complexity index is 426. The van der Waals surface area contributed by atoms with E-state index in [9.17, 15) is 4.79 Å². The lowest BCUT2D eigenvalue weighted by molar-refractivity contribution is 0.0104. The Hall–Kier alpha value is -1.72. The third kappa shape index (κ3) is 6.83. The van der Waals surface area contributed by atoms with Gasteiger partial charge in [-0.05, 0) is 47.0 Å². The smallest absolute Gasteiger partial charge is 0.410 e. The fourth-order valence-corrected chi connectivity index (χ4v) is 2.27. The summed E-state index contributed by atoms with van der Waals surface area (Å²) in [7, 11) is 0. The second kappa shape index (κ2) is 8.06. The number of hydrogen-bond acceptors (Lipinski definition) is 3. The molecule has 0 aromatic rings. The first-order valence-corrected chi connectivity index (χ1v) is 7.87. The van der Waals surface area contributed by atoms with Crippen LogP contribution in [-0.2, 0) is 4.74 Å². The molecule has 6 heteroatoms. The minimum atomic E-state index is -0.478. The molecular formula is C16H30N4O2. The monoisotopic (exact) mass is 310 g/mol. The molecule has 0 radical (unpaired) electrons. The molecule has 0 aliphatic carbocycles. The van der Waals surface area contributed by atoms with Crippen molar-refractivity contribution in [3.8, 4) is 0 Å². The van der Waals surface area contributed by atoms with Crippen molar-refractivity contribution in [3.05, 3.63) is 12.2 Å². The summed E-state index contributed by atoms with van der Waals surface area (Å²) in [5.41, 5.74) is 6.30. The van der Waals surface area contributed by atoms with E-state index in [-0.39, 0.29) is 12.1 Å². The van der Waals surface area contributed by atoms with Gasteiger partial charge in [0, 0.05) is 13.1 Å². The first-order chi connectivity index (χ1) is 10.2. The molecule has 1 amide bonds.